The first-order valence-corrected chi connectivity index (χ1v) is 8.30. The fraction of sp³-hybridized carbons (Fsp3) is 0.467. The molecule has 0 atom stereocenters. The Kier molecular flexibility index (Phi) is 5.68. The number of hydrogen-bond donors (Lipinski definition) is 2. The monoisotopic (exact) mass is 352 g/mol. The number of rotatable bonds is 5. The van der Waals surface area contributed by atoms with E-state index in [1.807, 2.05) is 20.8 Å². The van der Waals surface area contributed by atoms with E-state index in [0.717, 1.165) is 0 Å². The highest BCUT2D eigenvalue weighted by Crippen LogP contribution is 2.29. The van der Waals surface area contributed by atoms with Crippen molar-refractivity contribution in [2.75, 3.05) is 20.2 Å². The van der Waals surface area contributed by atoms with Crippen molar-refractivity contribution < 1.29 is 24.3 Å². The number of carbonyl (C=O) groups is 1. The molecular weight excluding hydrogens is 331 g/mol. The maximum absolute atomic E-state index is 11.8. The highest BCUT2D eigenvalue weighted by Gasteiger charge is 2.20. The quantitative estimate of drug-likeness (QED) is 0.787. The highest BCUT2D eigenvalue weighted by atomic mass is 32.1. The van der Waals surface area contributed by atoms with Crippen molar-refractivity contribution in [2.45, 2.75) is 26.4 Å². The van der Waals surface area contributed by atoms with Gasteiger partial charge in [-0.25, -0.2) is 4.79 Å². The van der Waals surface area contributed by atoms with E-state index in [9.17, 15) is 14.8 Å². The van der Waals surface area contributed by atoms with Crippen molar-refractivity contribution in [2.24, 2.45) is 0 Å². The fourth-order valence-electron chi connectivity index (χ4n) is 1.92. The Balaban J connectivity index is 1.94. The van der Waals surface area contributed by atoms with Crippen molar-refractivity contribution in [3.63, 3.8) is 0 Å². The molecule has 0 bridgehead atoms. The summed E-state index contributed by atoms with van der Waals surface area (Å²) in [5.41, 5.74) is 0.497. The largest absolute Gasteiger partial charge is 0.490 e. The van der Waals surface area contributed by atoms with Crippen LogP contribution < -0.4 is 10.2 Å². The van der Waals surface area contributed by atoms with Crippen LogP contribution in [0.2, 0.25) is 0 Å². The van der Waals surface area contributed by atoms with Gasteiger partial charge in [-0.05, 0) is 26.8 Å². The number of ether oxygens (including phenoxy) is 2. The number of nitrogens with zero attached hydrogens (tertiary/aromatic N) is 2. The van der Waals surface area contributed by atoms with Crippen molar-refractivity contribution in [3.8, 4) is 5.06 Å². The molecule has 2 aromatic heterocycles. The van der Waals surface area contributed by atoms with Crippen LogP contribution in [0.15, 0.2) is 18.3 Å². The molecule has 0 aliphatic heterocycles. The van der Waals surface area contributed by atoms with Gasteiger partial charge in [0.15, 0.2) is 5.06 Å². The first kappa shape index (κ1) is 18.5. The standard InChI is InChI=1S/C15H21BN2O5S/c1-15(2,3)23-14(19)18(4)7-8-22-12-9-11-13(24-12)10(16(20)21)5-6-17-11/h5-6,9,20-21H,7-8H2,1-4H3. The van der Waals surface area contributed by atoms with Crippen LogP contribution in [0.5, 0.6) is 5.06 Å². The predicted octanol–water partition coefficient (Wildman–Crippen LogP) is 1.22. The van der Waals surface area contributed by atoms with Crippen LogP contribution >= 0.6 is 11.3 Å². The van der Waals surface area contributed by atoms with Crippen LogP contribution in [0.1, 0.15) is 20.8 Å². The summed E-state index contributed by atoms with van der Waals surface area (Å²) >= 11 is 1.28. The molecule has 0 aromatic carbocycles. The van der Waals surface area contributed by atoms with Gasteiger partial charge < -0.3 is 24.4 Å². The number of thiophene rings is 1. The summed E-state index contributed by atoms with van der Waals surface area (Å²) in [6, 6.07) is 3.29. The van der Waals surface area contributed by atoms with Crippen LogP contribution in [-0.4, -0.2) is 58.9 Å². The molecule has 0 spiro atoms. The fourth-order valence-corrected chi connectivity index (χ4v) is 2.95. The first-order valence-electron chi connectivity index (χ1n) is 7.49. The Morgan fingerprint density at radius 1 is 1.42 bits per heavy atom. The number of fused-ring (bicyclic) bond motifs is 1. The zero-order valence-electron chi connectivity index (χ0n) is 14.1. The van der Waals surface area contributed by atoms with E-state index in [4.69, 9.17) is 9.47 Å². The molecule has 0 saturated carbocycles. The van der Waals surface area contributed by atoms with Crippen LogP contribution in [0.25, 0.3) is 10.2 Å². The predicted molar refractivity (Wildman–Crippen MR) is 93.8 cm³/mol. The number of amides is 1. The third-order valence-corrected chi connectivity index (χ3v) is 4.16. The van der Waals surface area contributed by atoms with E-state index < -0.39 is 18.8 Å². The molecule has 24 heavy (non-hydrogen) atoms. The van der Waals surface area contributed by atoms with E-state index >= 15 is 0 Å². The van der Waals surface area contributed by atoms with E-state index in [-0.39, 0.29) is 0 Å². The molecule has 0 fully saturated rings. The second-order valence-corrected chi connectivity index (χ2v) is 7.32. The Hall–Kier alpha value is -1.84. The van der Waals surface area contributed by atoms with Gasteiger partial charge in [-0.2, -0.15) is 0 Å². The number of aromatic nitrogens is 1. The van der Waals surface area contributed by atoms with Gasteiger partial charge in [0.2, 0.25) is 0 Å². The van der Waals surface area contributed by atoms with Gasteiger partial charge in [-0.15, -0.1) is 0 Å². The van der Waals surface area contributed by atoms with Crippen molar-refractivity contribution in [1.29, 1.82) is 0 Å². The minimum Gasteiger partial charge on any atom is -0.482 e. The maximum atomic E-state index is 11.8. The summed E-state index contributed by atoms with van der Waals surface area (Å²) in [7, 11) is 0.0877. The van der Waals surface area contributed by atoms with Crippen molar-refractivity contribution >= 4 is 40.2 Å². The topological polar surface area (TPSA) is 92.1 Å². The molecule has 2 heterocycles. The molecule has 0 unspecified atom stereocenters. The Labute approximate surface area is 145 Å². The van der Waals surface area contributed by atoms with Gasteiger partial charge in [-0.1, -0.05) is 11.3 Å². The molecular formula is C15H21BN2O5S. The molecule has 7 nitrogen and oxygen atoms in total. The zero-order chi connectivity index (χ0) is 17.9. The lowest BCUT2D eigenvalue weighted by atomic mass is 9.81. The molecule has 0 aliphatic carbocycles. The van der Waals surface area contributed by atoms with Crippen LogP contribution in [0.3, 0.4) is 0 Å². The number of likely N-dealkylation sites (N-methyl/N-ethyl adjacent to an activating group) is 1. The smallest absolute Gasteiger partial charge is 0.482 e. The van der Waals surface area contributed by atoms with E-state index in [0.29, 0.717) is 33.9 Å². The minimum atomic E-state index is -1.56. The minimum absolute atomic E-state index is 0.291. The molecule has 130 valence electrons. The Bertz CT molecular complexity index is 713. The van der Waals surface area contributed by atoms with E-state index in [1.54, 1.807) is 19.2 Å². The van der Waals surface area contributed by atoms with Gasteiger partial charge in [0.05, 0.1) is 16.8 Å². The Morgan fingerprint density at radius 2 is 2.12 bits per heavy atom. The molecule has 2 rings (SSSR count). The summed E-state index contributed by atoms with van der Waals surface area (Å²) < 4.78 is 11.6. The number of pyridine rings is 1. The second-order valence-electron chi connectivity index (χ2n) is 6.30. The molecule has 9 heteroatoms. The normalized spacial score (nSPS) is 11.4. The number of hydrogen-bond acceptors (Lipinski definition) is 7. The first-order chi connectivity index (χ1) is 11.2. The third kappa shape index (κ3) is 4.83. The van der Waals surface area contributed by atoms with Crippen LogP contribution in [0.4, 0.5) is 4.79 Å². The van der Waals surface area contributed by atoms with Crippen LogP contribution in [0, 0.1) is 0 Å². The number of carbonyl (C=O) groups excluding carboxylic acids is 1. The lowest BCUT2D eigenvalue weighted by Gasteiger charge is -2.24. The van der Waals surface area contributed by atoms with Crippen molar-refractivity contribution in [1.82, 2.24) is 9.88 Å². The average Bonchev–Trinajstić information content (AvgIpc) is 2.87. The van der Waals surface area contributed by atoms with Gasteiger partial charge in [0.25, 0.3) is 0 Å². The maximum Gasteiger partial charge on any atom is 0.490 e. The summed E-state index contributed by atoms with van der Waals surface area (Å²) in [6.45, 7) is 6.09. The second kappa shape index (κ2) is 7.37. The highest BCUT2D eigenvalue weighted by molar-refractivity contribution is 7.22. The molecule has 0 aliphatic rings. The zero-order valence-corrected chi connectivity index (χ0v) is 15.0. The third-order valence-electron chi connectivity index (χ3n) is 3.07. The van der Waals surface area contributed by atoms with E-state index in [2.05, 4.69) is 4.98 Å². The van der Waals surface area contributed by atoms with Gasteiger partial charge in [-0.3, -0.25) is 4.98 Å². The lowest BCUT2D eigenvalue weighted by Crippen LogP contribution is -2.36. The summed E-state index contributed by atoms with van der Waals surface area (Å²) in [5.74, 6) is 0. The lowest BCUT2D eigenvalue weighted by molar-refractivity contribution is 0.0279. The van der Waals surface area contributed by atoms with Crippen LogP contribution in [-0.2, 0) is 4.74 Å². The Morgan fingerprint density at radius 3 is 2.75 bits per heavy atom. The molecule has 1 amide bonds. The van der Waals surface area contributed by atoms with E-state index in [1.165, 1.54) is 22.4 Å². The molecule has 2 aromatic rings. The summed E-state index contributed by atoms with van der Waals surface area (Å²) in [4.78, 5) is 17.5. The molecule has 0 radical (unpaired) electrons. The average molecular weight is 352 g/mol. The van der Waals surface area contributed by atoms with Crippen molar-refractivity contribution in [3.05, 3.63) is 18.3 Å². The summed E-state index contributed by atoms with van der Waals surface area (Å²) in [6.07, 6.45) is 1.11. The van der Waals surface area contributed by atoms with Gasteiger partial charge in [0, 0.05) is 24.8 Å². The van der Waals surface area contributed by atoms with Gasteiger partial charge in [0.1, 0.15) is 12.2 Å². The molecule has 0 saturated heterocycles. The van der Waals surface area contributed by atoms with Gasteiger partial charge >= 0.3 is 13.2 Å². The SMILES string of the molecule is CN(CCOc1cc2nccc(B(O)O)c2s1)C(=O)OC(C)(C)C. The summed E-state index contributed by atoms with van der Waals surface area (Å²) in [5, 5.41) is 19.3. The molecule has 2 N–H and O–H groups in total.